The van der Waals surface area contributed by atoms with E-state index in [2.05, 4.69) is 21.4 Å². The highest BCUT2D eigenvalue weighted by molar-refractivity contribution is 5.96. The summed E-state index contributed by atoms with van der Waals surface area (Å²) >= 11 is 0. The topological polar surface area (TPSA) is 105 Å². The van der Waals surface area contributed by atoms with E-state index in [1.54, 1.807) is 16.8 Å². The van der Waals surface area contributed by atoms with Gasteiger partial charge in [0, 0.05) is 50.2 Å². The normalized spacial score (nSPS) is 14.2. The minimum atomic E-state index is -1.28. The number of benzene rings is 1. The largest absolute Gasteiger partial charge is 0.477 e. The van der Waals surface area contributed by atoms with Crippen LogP contribution in [0.1, 0.15) is 10.4 Å². The number of fused-ring (bicyclic) bond motifs is 1. The molecule has 0 spiro atoms. The zero-order chi connectivity index (χ0) is 20.5. The smallest absolute Gasteiger partial charge is 0.341 e. The third kappa shape index (κ3) is 3.29. The molecule has 1 saturated heterocycles. The molecule has 0 aliphatic carbocycles. The van der Waals surface area contributed by atoms with Gasteiger partial charge in [0.25, 0.3) is 0 Å². The molecular weight excluding hydrogens is 370 g/mol. The van der Waals surface area contributed by atoms with Crippen LogP contribution in [-0.4, -0.2) is 46.8 Å². The molecular formula is C21H21N5O3. The quantitative estimate of drug-likeness (QED) is 0.656. The fourth-order valence-corrected chi connectivity index (χ4v) is 3.70. The van der Waals surface area contributed by atoms with E-state index in [0.29, 0.717) is 11.2 Å². The Bertz CT molecular complexity index is 1150. The van der Waals surface area contributed by atoms with Gasteiger partial charge < -0.3 is 25.2 Å². The van der Waals surface area contributed by atoms with Crippen LogP contribution in [-0.2, 0) is 0 Å². The highest BCUT2D eigenvalue weighted by Gasteiger charge is 2.22. The summed E-state index contributed by atoms with van der Waals surface area (Å²) in [6.45, 7) is 6.81. The predicted molar refractivity (Wildman–Crippen MR) is 115 cm³/mol. The van der Waals surface area contributed by atoms with Crippen molar-refractivity contribution in [2.75, 3.05) is 41.7 Å². The molecule has 3 aromatic rings. The molecule has 148 valence electrons. The second-order valence-electron chi connectivity index (χ2n) is 6.86. The van der Waals surface area contributed by atoms with Crippen molar-refractivity contribution in [2.45, 2.75) is 0 Å². The molecule has 3 heterocycles. The Morgan fingerprint density at radius 1 is 1.17 bits per heavy atom. The average Bonchev–Trinajstić information content (AvgIpc) is 2.74. The molecule has 1 aliphatic rings. The van der Waals surface area contributed by atoms with Crippen molar-refractivity contribution >= 4 is 40.3 Å². The summed E-state index contributed by atoms with van der Waals surface area (Å²) in [5.41, 5.74) is 7.23. The van der Waals surface area contributed by atoms with E-state index in [1.165, 1.54) is 12.4 Å². The van der Waals surface area contributed by atoms with Gasteiger partial charge >= 0.3 is 5.97 Å². The maximum absolute atomic E-state index is 12.6. The Kier molecular flexibility index (Phi) is 4.67. The van der Waals surface area contributed by atoms with Gasteiger partial charge in [-0.15, -0.1) is 0 Å². The van der Waals surface area contributed by atoms with Crippen LogP contribution < -0.4 is 21.0 Å². The lowest BCUT2D eigenvalue weighted by atomic mass is 10.1. The van der Waals surface area contributed by atoms with Gasteiger partial charge in [-0.1, -0.05) is 12.6 Å². The second-order valence-corrected chi connectivity index (χ2v) is 6.86. The highest BCUT2D eigenvalue weighted by Crippen LogP contribution is 2.30. The number of pyridine rings is 2. The fraction of sp³-hybridized carbons (Fsp3) is 0.190. The van der Waals surface area contributed by atoms with Gasteiger partial charge in [-0.05, 0) is 24.3 Å². The number of carbonyl (C=O) groups is 1. The Morgan fingerprint density at radius 2 is 1.90 bits per heavy atom. The summed E-state index contributed by atoms with van der Waals surface area (Å²) < 4.78 is 1.55. The fourth-order valence-electron chi connectivity index (χ4n) is 3.70. The lowest BCUT2D eigenvalue weighted by Crippen LogP contribution is -2.47. The number of carboxylic acid groups (broad SMARTS) is 1. The molecule has 1 aromatic carbocycles. The predicted octanol–water partition coefficient (Wildman–Crippen LogP) is 2.10. The van der Waals surface area contributed by atoms with Crippen LogP contribution in [0.3, 0.4) is 0 Å². The summed E-state index contributed by atoms with van der Waals surface area (Å²) in [6.07, 6.45) is 4.55. The third-order valence-electron chi connectivity index (χ3n) is 5.20. The molecule has 29 heavy (non-hydrogen) atoms. The van der Waals surface area contributed by atoms with Crippen molar-refractivity contribution in [3.63, 3.8) is 0 Å². The first-order valence-corrected chi connectivity index (χ1v) is 9.24. The van der Waals surface area contributed by atoms with E-state index in [0.717, 1.165) is 37.7 Å². The summed E-state index contributed by atoms with van der Waals surface area (Å²) in [5, 5.41) is 9.56. The summed E-state index contributed by atoms with van der Waals surface area (Å²) in [4.78, 5) is 32.7. The van der Waals surface area contributed by atoms with Gasteiger partial charge in [-0.3, -0.25) is 4.79 Å². The molecule has 1 aliphatic heterocycles. The molecule has 1 fully saturated rings. The number of carboxylic acids is 1. The van der Waals surface area contributed by atoms with Crippen molar-refractivity contribution in [2.24, 2.45) is 0 Å². The Labute approximate surface area is 167 Å². The third-order valence-corrected chi connectivity index (χ3v) is 5.20. The average molecular weight is 391 g/mol. The maximum atomic E-state index is 12.6. The lowest BCUT2D eigenvalue weighted by Gasteiger charge is -2.37. The van der Waals surface area contributed by atoms with E-state index in [-0.39, 0.29) is 10.9 Å². The zero-order valence-corrected chi connectivity index (χ0v) is 15.8. The lowest BCUT2D eigenvalue weighted by molar-refractivity contribution is 0.0695. The molecule has 0 atom stereocenters. The SMILES string of the molecule is C=Cn1cc(C(=O)O)c(=O)c2cc(N)c(N3CCN(c4ccccn4)CC3)cc21. The van der Waals surface area contributed by atoms with E-state index < -0.39 is 11.4 Å². The molecule has 2 aromatic heterocycles. The van der Waals surface area contributed by atoms with Crippen molar-refractivity contribution in [1.82, 2.24) is 9.55 Å². The number of aromatic carboxylic acids is 1. The first-order valence-electron chi connectivity index (χ1n) is 9.24. The van der Waals surface area contributed by atoms with Crippen molar-refractivity contribution in [3.05, 3.63) is 65.1 Å². The summed E-state index contributed by atoms with van der Waals surface area (Å²) in [7, 11) is 0. The number of nitrogens with two attached hydrogens (primary N) is 1. The monoisotopic (exact) mass is 391 g/mol. The molecule has 0 radical (unpaired) electrons. The van der Waals surface area contributed by atoms with Gasteiger partial charge in [-0.2, -0.15) is 0 Å². The first kappa shape index (κ1) is 18.5. The first-order chi connectivity index (χ1) is 14.0. The van der Waals surface area contributed by atoms with Crippen LogP contribution in [0.15, 0.2) is 54.1 Å². The molecule has 0 bridgehead atoms. The van der Waals surface area contributed by atoms with E-state index >= 15 is 0 Å². The van der Waals surface area contributed by atoms with Crippen molar-refractivity contribution in [1.29, 1.82) is 0 Å². The number of hydrogen-bond donors (Lipinski definition) is 2. The number of nitrogen functional groups attached to an aromatic ring is 1. The molecule has 8 nitrogen and oxygen atoms in total. The van der Waals surface area contributed by atoms with Crippen LogP contribution in [0.25, 0.3) is 17.1 Å². The number of hydrogen-bond acceptors (Lipinski definition) is 6. The van der Waals surface area contributed by atoms with Crippen LogP contribution in [0.5, 0.6) is 0 Å². The van der Waals surface area contributed by atoms with Gasteiger partial charge in [0.1, 0.15) is 11.4 Å². The molecule has 0 amide bonds. The highest BCUT2D eigenvalue weighted by atomic mass is 16.4. The van der Waals surface area contributed by atoms with Crippen LogP contribution >= 0.6 is 0 Å². The summed E-state index contributed by atoms with van der Waals surface area (Å²) in [5.74, 6) is -0.332. The molecule has 8 heteroatoms. The minimum Gasteiger partial charge on any atom is -0.477 e. The van der Waals surface area contributed by atoms with E-state index in [9.17, 15) is 14.7 Å². The minimum absolute atomic E-state index is 0.262. The molecule has 4 rings (SSSR count). The Balaban J connectivity index is 1.69. The maximum Gasteiger partial charge on any atom is 0.341 e. The number of anilines is 3. The van der Waals surface area contributed by atoms with Crippen LogP contribution in [0, 0.1) is 0 Å². The van der Waals surface area contributed by atoms with Gasteiger partial charge in [-0.25, -0.2) is 9.78 Å². The number of piperazine rings is 1. The van der Waals surface area contributed by atoms with Gasteiger partial charge in [0.15, 0.2) is 0 Å². The van der Waals surface area contributed by atoms with Gasteiger partial charge in [0.05, 0.1) is 16.9 Å². The standard InChI is InChI=1S/C21H21N5O3/c1-2-24-13-15(21(28)29)20(27)14-11-16(22)18(12-17(14)24)25-7-9-26(10-8-25)19-5-3-4-6-23-19/h2-6,11-13H,1,7-10,22H2,(H,28,29). The van der Waals surface area contributed by atoms with Crippen molar-refractivity contribution < 1.29 is 9.90 Å². The van der Waals surface area contributed by atoms with Crippen LogP contribution in [0.4, 0.5) is 17.2 Å². The van der Waals surface area contributed by atoms with Crippen LogP contribution in [0.2, 0.25) is 0 Å². The molecule has 0 unspecified atom stereocenters. The number of rotatable bonds is 4. The summed E-state index contributed by atoms with van der Waals surface area (Å²) in [6, 6.07) is 9.24. The zero-order valence-electron chi connectivity index (χ0n) is 15.8. The molecule has 3 N–H and O–H groups in total. The van der Waals surface area contributed by atoms with Gasteiger partial charge in [0.2, 0.25) is 5.43 Å². The number of aromatic nitrogens is 2. The van der Waals surface area contributed by atoms with E-state index in [1.807, 2.05) is 24.3 Å². The Hall–Kier alpha value is -3.81. The Morgan fingerprint density at radius 3 is 2.52 bits per heavy atom. The van der Waals surface area contributed by atoms with Crippen molar-refractivity contribution in [3.8, 4) is 0 Å². The van der Waals surface area contributed by atoms with E-state index in [4.69, 9.17) is 5.73 Å². The molecule has 0 saturated carbocycles. The number of nitrogens with zero attached hydrogens (tertiary/aromatic N) is 4. The second kappa shape index (κ2) is 7.31.